The molecule has 0 spiro atoms. The first-order valence-electron chi connectivity index (χ1n) is 6.80. The van der Waals surface area contributed by atoms with Crippen molar-refractivity contribution in [2.24, 2.45) is 0 Å². The van der Waals surface area contributed by atoms with Crippen LogP contribution in [0, 0.1) is 0 Å². The molecule has 0 fully saturated rings. The number of pyridine rings is 1. The SMILES string of the molecule is CCc1cc(C(=O)Nc2ccc(CCO)cc2)cc(Cl)n1. The standard InChI is InChI=1S/C16H17ClN2O2/c1-2-13-9-12(10-15(17)18-13)16(21)19-14-5-3-11(4-6-14)7-8-20/h3-6,9-10,20H,2,7-8H2,1H3,(H,19,21). The first kappa shape index (κ1) is 15.5. The first-order chi connectivity index (χ1) is 10.1. The molecule has 21 heavy (non-hydrogen) atoms. The van der Waals surface area contributed by atoms with Crippen LogP contribution in [-0.4, -0.2) is 22.6 Å². The summed E-state index contributed by atoms with van der Waals surface area (Å²) >= 11 is 5.92. The number of halogens is 1. The Morgan fingerprint density at radius 2 is 2.00 bits per heavy atom. The summed E-state index contributed by atoms with van der Waals surface area (Å²) < 4.78 is 0. The molecule has 0 aliphatic rings. The van der Waals surface area contributed by atoms with Crippen LogP contribution in [0.15, 0.2) is 36.4 Å². The average Bonchev–Trinajstić information content (AvgIpc) is 2.48. The molecule has 2 rings (SSSR count). The fraction of sp³-hybridized carbons (Fsp3) is 0.250. The number of nitrogens with zero attached hydrogens (tertiary/aromatic N) is 1. The molecule has 5 heteroatoms. The summed E-state index contributed by atoms with van der Waals surface area (Å²) in [7, 11) is 0. The van der Waals surface area contributed by atoms with Gasteiger partial charge in [0.2, 0.25) is 0 Å². The molecule has 0 atom stereocenters. The van der Waals surface area contributed by atoms with E-state index in [1.54, 1.807) is 12.1 Å². The molecule has 0 aliphatic heterocycles. The molecule has 1 heterocycles. The Hall–Kier alpha value is -1.91. The Balaban J connectivity index is 2.12. The van der Waals surface area contributed by atoms with Gasteiger partial charge in [-0.25, -0.2) is 4.98 Å². The number of carbonyl (C=O) groups is 1. The maximum Gasteiger partial charge on any atom is 0.255 e. The number of aliphatic hydroxyl groups is 1. The molecule has 110 valence electrons. The number of nitrogens with one attached hydrogen (secondary N) is 1. The van der Waals surface area contributed by atoms with E-state index < -0.39 is 0 Å². The largest absolute Gasteiger partial charge is 0.396 e. The lowest BCUT2D eigenvalue weighted by atomic mass is 10.1. The molecule has 0 aliphatic carbocycles. The number of aryl methyl sites for hydroxylation is 1. The second-order valence-electron chi connectivity index (χ2n) is 4.65. The van der Waals surface area contributed by atoms with Gasteiger partial charge in [0.25, 0.3) is 5.91 Å². The minimum absolute atomic E-state index is 0.112. The number of hydrogen-bond donors (Lipinski definition) is 2. The molecular weight excluding hydrogens is 288 g/mol. The maximum absolute atomic E-state index is 12.2. The molecule has 1 amide bonds. The minimum Gasteiger partial charge on any atom is -0.396 e. The van der Waals surface area contributed by atoms with E-state index >= 15 is 0 Å². The van der Waals surface area contributed by atoms with Crippen LogP contribution in [-0.2, 0) is 12.8 Å². The third-order valence-electron chi connectivity index (χ3n) is 3.08. The van der Waals surface area contributed by atoms with E-state index in [0.717, 1.165) is 17.7 Å². The van der Waals surface area contributed by atoms with Gasteiger partial charge in [0, 0.05) is 23.6 Å². The van der Waals surface area contributed by atoms with E-state index in [1.807, 2.05) is 31.2 Å². The number of amides is 1. The lowest BCUT2D eigenvalue weighted by Gasteiger charge is -2.08. The van der Waals surface area contributed by atoms with Crippen LogP contribution in [0.5, 0.6) is 0 Å². The van der Waals surface area contributed by atoms with E-state index in [2.05, 4.69) is 10.3 Å². The number of aromatic nitrogens is 1. The van der Waals surface area contributed by atoms with Crippen LogP contribution in [0.2, 0.25) is 5.15 Å². The summed E-state index contributed by atoms with van der Waals surface area (Å²) in [5.41, 5.74) is 3.00. The third-order valence-corrected chi connectivity index (χ3v) is 3.28. The van der Waals surface area contributed by atoms with Gasteiger partial charge in [0.05, 0.1) is 0 Å². The zero-order valence-corrected chi connectivity index (χ0v) is 12.5. The second kappa shape index (κ2) is 7.20. The summed E-state index contributed by atoms with van der Waals surface area (Å²) in [6.07, 6.45) is 1.32. The monoisotopic (exact) mass is 304 g/mol. The van der Waals surface area contributed by atoms with Gasteiger partial charge in [0.15, 0.2) is 0 Å². The quantitative estimate of drug-likeness (QED) is 0.834. The predicted octanol–water partition coefficient (Wildman–Crippen LogP) is 3.08. The Bertz CT molecular complexity index is 627. The van der Waals surface area contributed by atoms with Crippen molar-refractivity contribution in [2.75, 3.05) is 11.9 Å². The molecule has 4 nitrogen and oxygen atoms in total. The van der Waals surface area contributed by atoms with E-state index in [4.69, 9.17) is 16.7 Å². The van der Waals surface area contributed by atoms with Gasteiger partial charge < -0.3 is 10.4 Å². The molecule has 0 radical (unpaired) electrons. The molecule has 1 aromatic heterocycles. The number of aliphatic hydroxyl groups excluding tert-OH is 1. The summed E-state index contributed by atoms with van der Waals surface area (Å²) in [4.78, 5) is 16.3. The Labute approximate surface area is 128 Å². The molecular formula is C16H17ClN2O2. The second-order valence-corrected chi connectivity index (χ2v) is 5.04. The van der Waals surface area contributed by atoms with Gasteiger partial charge >= 0.3 is 0 Å². The summed E-state index contributed by atoms with van der Waals surface area (Å²) in [6, 6.07) is 10.7. The molecule has 0 bridgehead atoms. The Kier molecular flexibility index (Phi) is 5.31. The van der Waals surface area contributed by atoms with E-state index in [9.17, 15) is 4.79 Å². The van der Waals surface area contributed by atoms with Crippen LogP contribution in [0.25, 0.3) is 0 Å². The normalized spacial score (nSPS) is 10.4. The highest BCUT2D eigenvalue weighted by molar-refractivity contribution is 6.29. The van der Waals surface area contributed by atoms with Crippen molar-refractivity contribution in [3.05, 3.63) is 58.4 Å². The zero-order valence-electron chi connectivity index (χ0n) is 11.8. The maximum atomic E-state index is 12.2. The van der Waals surface area contributed by atoms with Crippen LogP contribution in [0.4, 0.5) is 5.69 Å². The lowest BCUT2D eigenvalue weighted by Crippen LogP contribution is -2.12. The van der Waals surface area contributed by atoms with Crippen molar-refractivity contribution in [1.82, 2.24) is 4.98 Å². The van der Waals surface area contributed by atoms with Crippen LogP contribution in [0.3, 0.4) is 0 Å². The van der Waals surface area contributed by atoms with E-state index in [1.165, 1.54) is 0 Å². The van der Waals surface area contributed by atoms with Crippen molar-refractivity contribution in [2.45, 2.75) is 19.8 Å². The van der Waals surface area contributed by atoms with Crippen molar-refractivity contribution >= 4 is 23.2 Å². The van der Waals surface area contributed by atoms with E-state index in [-0.39, 0.29) is 12.5 Å². The average molecular weight is 305 g/mol. The van der Waals surface area contributed by atoms with Crippen molar-refractivity contribution in [1.29, 1.82) is 0 Å². The predicted molar refractivity (Wildman–Crippen MR) is 83.8 cm³/mol. The van der Waals surface area contributed by atoms with Crippen molar-refractivity contribution < 1.29 is 9.90 Å². The molecule has 2 aromatic rings. The number of anilines is 1. The summed E-state index contributed by atoms with van der Waals surface area (Å²) in [5, 5.41) is 12.0. The van der Waals surface area contributed by atoms with Crippen LogP contribution < -0.4 is 5.32 Å². The number of carbonyl (C=O) groups excluding carboxylic acids is 1. The molecule has 0 unspecified atom stereocenters. The number of hydrogen-bond acceptors (Lipinski definition) is 3. The molecule has 1 aromatic carbocycles. The van der Waals surface area contributed by atoms with Gasteiger partial charge in [-0.1, -0.05) is 30.7 Å². The third kappa shape index (κ3) is 4.28. The lowest BCUT2D eigenvalue weighted by molar-refractivity contribution is 0.102. The Morgan fingerprint density at radius 3 is 2.62 bits per heavy atom. The zero-order chi connectivity index (χ0) is 15.2. The highest BCUT2D eigenvalue weighted by Gasteiger charge is 2.09. The highest BCUT2D eigenvalue weighted by Crippen LogP contribution is 2.15. The van der Waals surface area contributed by atoms with Crippen LogP contribution >= 0.6 is 11.6 Å². The molecule has 2 N–H and O–H groups in total. The number of benzene rings is 1. The smallest absolute Gasteiger partial charge is 0.255 e. The first-order valence-corrected chi connectivity index (χ1v) is 7.17. The topological polar surface area (TPSA) is 62.2 Å². The summed E-state index contributed by atoms with van der Waals surface area (Å²) in [6.45, 7) is 2.07. The van der Waals surface area contributed by atoms with Crippen LogP contribution in [0.1, 0.15) is 28.5 Å². The fourth-order valence-electron chi connectivity index (χ4n) is 1.95. The fourth-order valence-corrected chi connectivity index (χ4v) is 2.18. The number of rotatable bonds is 5. The van der Waals surface area contributed by atoms with E-state index in [0.29, 0.717) is 22.8 Å². The molecule has 0 saturated heterocycles. The van der Waals surface area contributed by atoms with Gasteiger partial charge in [-0.2, -0.15) is 0 Å². The van der Waals surface area contributed by atoms with Gasteiger partial charge in [-0.15, -0.1) is 0 Å². The van der Waals surface area contributed by atoms with Crippen molar-refractivity contribution in [3.8, 4) is 0 Å². The summed E-state index contributed by atoms with van der Waals surface area (Å²) in [5.74, 6) is -0.219. The van der Waals surface area contributed by atoms with Gasteiger partial charge in [-0.05, 0) is 42.7 Å². The Morgan fingerprint density at radius 1 is 1.29 bits per heavy atom. The van der Waals surface area contributed by atoms with Gasteiger partial charge in [0.1, 0.15) is 5.15 Å². The highest BCUT2D eigenvalue weighted by atomic mass is 35.5. The van der Waals surface area contributed by atoms with Gasteiger partial charge in [-0.3, -0.25) is 4.79 Å². The minimum atomic E-state index is -0.219. The van der Waals surface area contributed by atoms with Crippen molar-refractivity contribution in [3.63, 3.8) is 0 Å². The molecule has 0 saturated carbocycles.